The third kappa shape index (κ3) is 21.0. The standard InChI is InChI=1S/C21H47N2O5P/c1-5-6-7-8-9-10-11-12-13-14-15-17-26-20-21(19-22)28-29(24,25)27-18-16-23(2,3)4/h21H,5-20,22H2,1-4H3/p+1. The molecule has 0 fully saturated rings. The van der Waals surface area contributed by atoms with Crippen LogP contribution in [0, 0.1) is 0 Å². The van der Waals surface area contributed by atoms with Crippen molar-refractivity contribution in [3.8, 4) is 0 Å². The highest BCUT2D eigenvalue weighted by Gasteiger charge is 2.27. The van der Waals surface area contributed by atoms with E-state index in [-0.39, 0.29) is 19.8 Å². The second kappa shape index (κ2) is 17.6. The van der Waals surface area contributed by atoms with Crippen molar-refractivity contribution in [3.63, 3.8) is 0 Å². The molecule has 3 N–H and O–H groups in total. The highest BCUT2D eigenvalue weighted by molar-refractivity contribution is 7.47. The molecule has 0 aliphatic heterocycles. The van der Waals surface area contributed by atoms with Crippen molar-refractivity contribution >= 4 is 7.82 Å². The van der Waals surface area contributed by atoms with Crippen molar-refractivity contribution in [1.29, 1.82) is 0 Å². The van der Waals surface area contributed by atoms with Crippen molar-refractivity contribution in [1.82, 2.24) is 0 Å². The second-order valence-electron chi connectivity index (χ2n) is 8.89. The number of ether oxygens (including phenoxy) is 1. The quantitative estimate of drug-likeness (QED) is 0.156. The maximum atomic E-state index is 12.0. The molecule has 0 spiro atoms. The predicted octanol–water partition coefficient (Wildman–Crippen LogP) is 4.48. The number of unbranched alkanes of at least 4 members (excludes halogenated alkanes) is 10. The molecule has 2 unspecified atom stereocenters. The number of likely N-dealkylation sites (N-methyl/N-ethyl adjacent to an activating group) is 1. The predicted molar refractivity (Wildman–Crippen MR) is 120 cm³/mol. The number of phosphoric ester groups is 1. The smallest absolute Gasteiger partial charge is 0.379 e. The van der Waals surface area contributed by atoms with Crippen LogP contribution in [-0.4, -0.2) is 69.5 Å². The Morgan fingerprint density at radius 1 is 0.897 bits per heavy atom. The Kier molecular flexibility index (Phi) is 17.6. The Morgan fingerprint density at radius 2 is 1.41 bits per heavy atom. The minimum absolute atomic E-state index is 0.113. The summed E-state index contributed by atoms with van der Waals surface area (Å²) in [5, 5.41) is 0. The van der Waals surface area contributed by atoms with E-state index in [1.54, 1.807) is 0 Å². The van der Waals surface area contributed by atoms with Crippen molar-refractivity contribution in [3.05, 3.63) is 0 Å². The van der Waals surface area contributed by atoms with Gasteiger partial charge in [-0.3, -0.25) is 9.05 Å². The van der Waals surface area contributed by atoms with E-state index < -0.39 is 13.9 Å². The Bertz CT molecular complexity index is 418. The fraction of sp³-hybridized carbons (Fsp3) is 1.00. The van der Waals surface area contributed by atoms with Crippen LogP contribution in [-0.2, 0) is 18.3 Å². The molecule has 0 aromatic rings. The molecule has 0 amide bonds. The number of nitrogens with zero attached hydrogens (tertiary/aromatic N) is 1. The normalized spacial score (nSPS) is 15.4. The van der Waals surface area contributed by atoms with Gasteiger partial charge in [0.05, 0.1) is 27.7 Å². The van der Waals surface area contributed by atoms with Crippen LogP contribution < -0.4 is 5.73 Å². The number of quaternary nitrogens is 1. The Labute approximate surface area is 179 Å². The molecular formula is C21H48N2O5P+. The summed E-state index contributed by atoms with van der Waals surface area (Å²) in [6.07, 6.45) is 13.5. The fourth-order valence-corrected chi connectivity index (χ4v) is 3.77. The molecule has 7 nitrogen and oxygen atoms in total. The topological polar surface area (TPSA) is 91.0 Å². The average molecular weight is 440 g/mol. The van der Waals surface area contributed by atoms with Gasteiger partial charge >= 0.3 is 7.82 Å². The molecule has 0 aromatic carbocycles. The molecule has 8 heteroatoms. The largest absolute Gasteiger partial charge is 0.472 e. The van der Waals surface area contributed by atoms with Gasteiger partial charge in [0.1, 0.15) is 19.3 Å². The summed E-state index contributed by atoms with van der Waals surface area (Å²) >= 11 is 0. The van der Waals surface area contributed by atoms with Crippen LogP contribution in [0.4, 0.5) is 0 Å². The van der Waals surface area contributed by atoms with Gasteiger partial charge in [0.15, 0.2) is 0 Å². The molecule has 176 valence electrons. The van der Waals surface area contributed by atoms with Crippen molar-refractivity contribution in [2.45, 2.75) is 83.7 Å². The SMILES string of the molecule is CCCCCCCCCCCCCOCC(CN)OP(=O)(O)OCC[N+](C)(C)C. The number of rotatable bonds is 21. The molecule has 0 rings (SSSR count). The van der Waals surface area contributed by atoms with Crippen LogP contribution in [0.25, 0.3) is 0 Å². The first-order valence-corrected chi connectivity index (χ1v) is 12.9. The van der Waals surface area contributed by atoms with Gasteiger partial charge in [0.2, 0.25) is 0 Å². The zero-order valence-corrected chi connectivity index (χ0v) is 20.3. The zero-order chi connectivity index (χ0) is 22.0. The van der Waals surface area contributed by atoms with Crippen molar-refractivity contribution in [2.75, 3.05) is 54.1 Å². The minimum atomic E-state index is -4.11. The van der Waals surface area contributed by atoms with E-state index in [2.05, 4.69) is 6.92 Å². The molecule has 0 aliphatic carbocycles. The first-order chi connectivity index (χ1) is 13.7. The summed E-state index contributed by atoms with van der Waals surface area (Å²) < 4.78 is 28.4. The monoisotopic (exact) mass is 439 g/mol. The summed E-state index contributed by atoms with van der Waals surface area (Å²) in [7, 11) is 1.84. The minimum Gasteiger partial charge on any atom is -0.379 e. The Balaban J connectivity index is 3.64. The van der Waals surface area contributed by atoms with Crippen LogP contribution in [0.2, 0.25) is 0 Å². The summed E-state index contributed by atoms with van der Waals surface area (Å²) in [6.45, 7) is 3.94. The van der Waals surface area contributed by atoms with E-state index in [9.17, 15) is 9.46 Å². The molecule has 29 heavy (non-hydrogen) atoms. The number of nitrogens with two attached hydrogens (primary N) is 1. The zero-order valence-electron chi connectivity index (χ0n) is 19.4. The van der Waals surface area contributed by atoms with Gasteiger partial charge in [-0.1, -0.05) is 71.1 Å². The molecule has 0 aliphatic rings. The van der Waals surface area contributed by atoms with E-state index in [1.165, 1.54) is 57.8 Å². The molecule has 0 saturated heterocycles. The van der Waals surface area contributed by atoms with Crippen LogP contribution in [0.15, 0.2) is 0 Å². The third-order valence-corrected chi connectivity index (χ3v) is 5.83. The second-order valence-corrected chi connectivity index (χ2v) is 10.3. The van der Waals surface area contributed by atoms with Crippen LogP contribution >= 0.6 is 7.82 Å². The summed E-state index contributed by atoms with van der Waals surface area (Å²) in [5.41, 5.74) is 5.63. The highest BCUT2D eigenvalue weighted by atomic mass is 31.2. The first kappa shape index (κ1) is 29.0. The van der Waals surface area contributed by atoms with Crippen molar-refractivity contribution < 1.29 is 27.7 Å². The van der Waals surface area contributed by atoms with Gasteiger partial charge in [0.25, 0.3) is 0 Å². The Hall–Kier alpha value is -0.0100. The Morgan fingerprint density at radius 3 is 1.90 bits per heavy atom. The van der Waals surface area contributed by atoms with E-state index in [0.717, 1.165) is 12.8 Å². The maximum Gasteiger partial charge on any atom is 0.472 e. The molecule has 2 atom stereocenters. The van der Waals surface area contributed by atoms with Gasteiger partial charge in [-0.15, -0.1) is 0 Å². The molecular weight excluding hydrogens is 391 g/mol. The van der Waals surface area contributed by atoms with Crippen LogP contribution in [0.3, 0.4) is 0 Å². The molecule has 0 bridgehead atoms. The molecule has 0 radical (unpaired) electrons. The van der Waals surface area contributed by atoms with Gasteiger partial charge in [-0.25, -0.2) is 4.57 Å². The number of hydrogen-bond acceptors (Lipinski definition) is 5. The van der Waals surface area contributed by atoms with Gasteiger partial charge in [0, 0.05) is 13.2 Å². The maximum absolute atomic E-state index is 12.0. The molecule has 0 heterocycles. The molecule has 0 aromatic heterocycles. The highest BCUT2D eigenvalue weighted by Crippen LogP contribution is 2.44. The summed E-state index contributed by atoms with van der Waals surface area (Å²) in [4.78, 5) is 9.81. The van der Waals surface area contributed by atoms with E-state index in [1.807, 2.05) is 21.1 Å². The van der Waals surface area contributed by atoms with E-state index >= 15 is 0 Å². The first-order valence-electron chi connectivity index (χ1n) is 11.4. The third-order valence-electron chi connectivity index (χ3n) is 4.76. The van der Waals surface area contributed by atoms with E-state index in [0.29, 0.717) is 17.6 Å². The van der Waals surface area contributed by atoms with Crippen LogP contribution in [0.5, 0.6) is 0 Å². The lowest BCUT2D eigenvalue weighted by molar-refractivity contribution is -0.870. The van der Waals surface area contributed by atoms with Crippen LogP contribution in [0.1, 0.15) is 77.6 Å². The average Bonchev–Trinajstić information content (AvgIpc) is 2.63. The van der Waals surface area contributed by atoms with Crippen molar-refractivity contribution in [2.24, 2.45) is 5.73 Å². The number of hydrogen-bond donors (Lipinski definition) is 2. The lowest BCUT2D eigenvalue weighted by Crippen LogP contribution is -2.37. The number of phosphoric acid groups is 1. The fourth-order valence-electron chi connectivity index (χ4n) is 2.87. The summed E-state index contributed by atoms with van der Waals surface area (Å²) in [6, 6.07) is 0. The van der Waals surface area contributed by atoms with Gasteiger partial charge in [-0.05, 0) is 6.42 Å². The van der Waals surface area contributed by atoms with Gasteiger partial charge < -0.3 is 19.8 Å². The summed E-state index contributed by atoms with van der Waals surface area (Å²) in [5.74, 6) is 0. The molecule has 0 saturated carbocycles. The lowest BCUT2D eigenvalue weighted by Gasteiger charge is -2.25. The van der Waals surface area contributed by atoms with E-state index in [4.69, 9.17) is 19.5 Å². The lowest BCUT2D eigenvalue weighted by atomic mass is 10.1. The van der Waals surface area contributed by atoms with Gasteiger partial charge in [-0.2, -0.15) is 0 Å².